The number of halogens is 2. The van der Waals surface area contributed by atoms with E-state index in [-0.39, 0.29) is 17.3 Å². The fraction of sp³-hybridized carbons (Fsp3) is 0.600. The first-order chi connectivity index (χ1) is 13.2. The molecule has 1 aromatic carbocycles. The van der Waals surface area contributed by atoms with Crippen molar-refractivity contribution < 1.29 is 13.9 Å². The summed E-state index contributed by atoms with van der Waals surface area (Å²) in [6.45, 7) is 9.43. The first-order valence-corrected chi connectivity index (χ1v) is 10.4. The standard InChI is InChI=1S/C20H26BrFN4O2/c1-19(2,3)28-18(27)24-6-4-20(5-7-24)11-25(12-20)26-13-23-10-14-8-15(21)16(22)9-17(14)26/h8-10H,4-7,11-13H2,1-3H3. The van der Waals surface area contributed by atoms with Crippen LogP contribution in [0.1, 0.15) is 39.2 Å². The van der Waals surface area contributed by atoms with E-state index in [9.17, 15) is 9.18 Å². The van der Waals surface area contributed by atoms with Gasteiger partial charge in [0.05, 0.1) is 10.2 Å². The van der Waals surface area contributed by atoms with Crippen LogP contribution < -0.4 is 5.01 Å². The van der Waals surface area contributed by atoms with E-state index in [2.05, 4.69) is 30.9 Å². The Bertz CT molecular complexity index is 807. The van der Waals surface area contributed by atoms with E-state index in [1.54, 1.807) is 18.3 Å². The maximum absolute atomic E-state index is 14.1. The van der Waals surface area contributed by atoms with Gasteiger partial charge in [0.1, 0.15) is 18.1 Å². The molecule has 0 atom stereocenters. The summed E-state index contributed by atoms with van der Waals surface area (Å²) < 4.78 is 20.0. The third-order valence-electron chi connectivity index (χ3n) is 5.65. The summed E-state index contributed by atoms with van der Waals surface area (Å²) >= 11 is 3.24. The molecule has 0 saturated carbocycles. The van der Waals surface area contributed by atoms with Crippen molar-refractivity contribution in [1.82, 2.24) is 9.91 Å². The van der Waals surface area contributed by atoms with Crippen LogP contribution in [0.3, 0.4) is 0 Å². The van der Waals surface area contributed by atoms with Gasteiger partial charge in [-0.1, -0.05) is 0 Å². The molecule has 4 rings (SSSR count). The van der Waals surface area contributed by atoms with Crippen molar-refractivity contribution >= 4 is 33.9 Å². The maximum Gasteiger partial charge on any atom is 0.410 e. The summed E-state index contributed by atoms with van der Waals surface area (Å²) in [7, 11) is 0. The Kier molecular flexibility index (Phi) is 4.90. The number of nitrogens with zero attached hydrogens (tertiary/aromatic N) is 4. The molecule has 1 aromatic rings. The van der Waals surface area contributed by atoms with Gasteiger partial charge in [0, 0.05) is 49.4 Å². The number of anilines is 1. The molecule has 0 bridgehead atoms. The number of aliphatic imine (C=N–C) groups is 1. The number of rotatable bonds is 1. The van der Waals surface area contributed by atoms with Gasteiger partial charge in [-0.3, -0.25) is 10.0 Å². The highest BCUT2D eigenvalue weighted by molar-refractivity contribution is 9.10. The van der Waals surface area contributed by atoms with E-state index < -0.39 is 5.60 Å². The number of hydrazine groups is 1. The van der Waals surface area contributed by atoms with Crippen LogP contribution in [0.5, 0.6) is 0 Å². The highest BCUT2D eigenvalue weighted by atomic mass is 79.9. The van der Waals surface area contributed by atoms with Gasteiger partial charge >= 0.3 is 6.09 Å². The molecule has 0 aromatic heterocycles. The predicted octanol–water partition coefficient (Wildman–Crippen LogP) is 4.03. The van der Waals surface area contributed by atoms with E-state index >= 15 is 0 Å². The lowest BCUT2D eigenvalue weighted by molar-refractivity contribution is -0.0567. The van der Waals surface area contributed by atoms with Crippen molar-refractivity contribution in [3.8, 4) is 0 Å². The predicted molar refractivity (Wildman–Crippen MR) is 110 cm³/mol. The summed E-state index contributed by atoms with van der Waals surface area (Å²) in [5.41, 5.74) is 1.52. The Hall–Kier alpha value is -1.67. The summed E-state index contributed by atoms with van der Waals surface area (Å²) in [4.78, 5) is 18.5. The zero-order valence-electron chi connectivity index (χ0n) is 16.5. The molecule has 8 heteroatoms. The van der Waals surface area contributed by atoms with Crippen molar-refractivity contribution in [1.29, 1.82) is 0 Å². The largest absolute Gasteiger partial charge is 0.444 e. The molecule has 3 aliphatic heterocycles. The normalized spacial score (nSPS) is 21.5. The second-order valence-electron chi connectivity index (χ2n) is 8.97. The smallest absolute Gasteiger partial charge is 0.410 e. The minimum Gasteiger partial charge on any atom is -0.444 e. The lowest BCUT2D eigenvalue weighted by atomic mass is 9.73. The number of hydrogen-bond acceptors (Lipinski definition) is 5. The van der Waals surface area contributed by atoms with Crippen molar-refractivity contribution in [3.63, 3.8) is 0 Å². The fourth-order valence-electron chi connectivity index (χ4n) is 4.12. The van der Waals surface area contributed by atoms with Gasteiger partial charge in [0.25, 0.3) is 0 Å². The van der Waals surface area contributed by atoms with Gasteiger partial charge in [-0.25, -0.2) is 14.2 Å². The van der Waals surface area contributed by atoms with Gasteiger partial charge in [-0.05, 0) is 55.6 Å². The summed E-state index contributed by atoms with van der Waals surface area (Å²) in [6, 6.07) is 3.34. The highest BCUT2D eigenvalue weighted by Gasteiger charge is 2.48. The van der Waals surface area contributed by atoms with Crippen LogP contribution in [0.15, 0.2) is 21.6 Å². The molecule has 28 heavy (non-hydrogen) atoms. The Labute approximate surface area is 173 Å². The number of benzene rings is 1. The molecule has 0 unspecified atom stereocenters. The molecule has 6 nitrogen and oxygen atoms in total. The lowest BCUT2D eigenvalue weighted by Gasteiger charge is -2.57. The van der Waals surface area contributed by atoms with E-state index in [0.717, 1.165) is 50.3 Å². The molecule has 0 N–H and O–H groups in total. The summed E-state index contributed by atoms with van der Waals surface area (Å²) in [5, 5.41) is 4.31. The first-order valence-electron chi connectivity index (χ1n) is 9.65. The zero-order chi connectivity index (χ0) is 20.1. The van der Waals surface area contributed by atoms with Crippen LogP contribution in [0.25, 0.3) is 0 Å². The molecule has 1 spiro atoms. The molecule has 152 valence electrons. The number of fused-ring (bicyclic) bond motifs is 1. The molecule has 2 fully saturated rings. The average Bonchev–Trinajstić information content (AvgIpc) is 2.59. The third kappa shape index (κ3) is 3.76. The topological polar surface area (TPSA) is 48.4 Å². The maximum atomic E-state index is 14.1. The van der Waals surface area contributed by atoms with Crippen LogP contribution in [0.2, 0.25) is 0 Å². The lowest BCUT2D eigenvalue weighted by Crippen LogP contribution is -2.66. The minimum atomic E-state index is -0.466. The highest BCUT2D eigenvalue weighted by Crippen LogP contribution is 2.43. The Morgan fingerprint density at radius 2 is 1.93 bits per heavy atom. The number of carbonyl (C=O) groups is 1. The molecular formula is C20H26BrFN4O2. The molecule has 3 aliphatic rings. The van der Waals surface area contributed by atoms with E-state index in [4.69, 9.17) is 4.74 Å². The van der Waals surface area contributed by atoms with Gasteiger partial charge < -0.3 is 9.64 Å². The first kappa shape index (κ1) is 19.6. The van der Waals surface area contributed by atoms with Crippen molar-refractivity contribution in [2.24, 2.45) is 10.4 Å². The Morgan fingerprint density at radius 3 is 2.57 bits per heavy atom. The number of ether oxygens (including phenoxy) is 1. The fourth-order valence-corrected chi connectivity index (χ4v) is 4.48. The second kappa shape index (κ2) is 6.99. The van der Waals surface area contributed by atoms with E-state index in [1.165, 1.54) is 0 Å². The Morgan fingerprint density at radius 1 is 1.25 bits per heavy atom. The number of likely N-dealkylation sites (tertiary alicyclic amines) is 1. The molecule has 1 amide bonds. The van der Waals surface area contributed by atoms with Crippen LogP contribution in [-0.4, -0.2) is 60.7 Å². The van der Waals surface area contributed by atoms with Gasteiger partial charge in [-0.15, -0.1) is 0 Å². The van der Waals surface area contributed by atoms with Crippen LogP contribution in [0.4, 0.5) is 14.9 Å². The quantitative estimate of drug-likeness (QED) is 0.645. The SMILES string of the molecule is CC(C)(C)OC(=O)N1CCC2(CC1)CN(N1CN=Cc3cc(Br)c(F)cc31)C2. The molecule has 0 aliphatic carbocycles. The number of carbonyl (C=O) groups excluding carboxylic acids is 1. The summed E-state index contributed by atoms with van der Waals surface area (Å²) in [5.74, 6) is -0.264. The second-order valence-corrected chi connectivity index (χ2v) is 9.82. The van der Waals surface area contributed by atoms with Gasteiger partial charge in [0.2, 0.25) is 0 Å². The van der Waals surface area contributed by atoms with Crippen LogP contribution >= 0.6 is 15.9 Å². The van der Waals surface area contributed by atoms with Crippen LogP contribution in [0, 0.1) is 11.2 Å². The minimum absolute atomic E-state index is 0.216. The average molecular weight is 453 g/mol. The zero-order valence-corrected chi connectivity index (χ0v) is 18.1. The molecule has 0 radical (unpaired) electrons. The number of amides is 1. The summed E-state index contributed by atoms with van der Waals surface area (Å²) in [6.07, 6.45) is 3.49. The number of piperidine rings is 1. The van der Waals surface area contributed by atoms with Crippen molar-refractivity contribution in [2.45, 2.75) is 39.2 Å². The number of hydrogen-bond donors (Lipinski definition) is 0. The van der Waals surface area contributed by atoms with Crippen molar-refractivity contribution in [2.75, 3.05) is 37.9 Å². The monoisotopic (exact) mass is 452 g/mol. The third-order valence-corrected chi connectivity index (χ3v) is 6.25. The molecular weight excluding hydrogens is 427 g/mol. The molecule has 3 heterocycles. The van der Waals surface area contributed by atoms with E-state index in [0.29, 0.717) is 11.1 Å². The van der Waals surface area contributed by atoms with E-state index in [1.807, 2.05) is 25.7 Å². The van der Waals surface area contributed by atoms with Gasteiger partial charge in [0.15, 0.2) is 0 Å². The Balaban J connectivity index is 1.37. The van der Waals surface area contributed by atoms with Gasteiger partial charge in [-0.2, -0.15) is 0 Å². The van der Waals surface area contributed by atoms with Crippen molar-refractivity contribution in [3.05, 3.63) is 28.0 Å². The van der Waals surface area contributed by atoms with Crippen LogP contribution in [-0.2, 0) is 4.74 Å². The molecule has 2 saturated heterocycles.